The smallest absolute Gasteiger partial charge is 0.331 e. The molecule has 7 heteroatoms. The lowest BCUT2D eigenvalue weighted by molar-refractivity contribution is -0.288. The highest BCUT2D eigenvalue weighted by Crippen LogP contribution is 2.67. The second-order valence-corrected chi connectivity index (χ2v) is 10.9. The van der Waals surface area contributed by atoms with Crippen molar-refractivity contribution in [3.05, 3.63) is 42.0 Å². The molecule has 4 rings (SSSR count). The summed E-state index contributed by atoms with van der Waals surface area (Å²) in [6, 6.07) is 9.52. The molecule has 1 saturated heterocycles. The van der Waals surface area contributed by atoms with Gasteiger partial charge in [-0.05, 0) is 57.6 Å². The Morgan fingerprint density at radius 3 is 2.23 bits per heavy atom. The van der Waals surface area contributed by atoms with Crippen LogP contribution < -0.4 is 0 Å². The molecule has 1 aromatic carbocycles. The second-order valence-electron chi connectivity index (χ2n) is 10.9. The molecule has 7 atom stereocenters. The fraction of sp³-hybridized carbons (Fsp3) is 0.607. The van der Waals surface area contributed by atoms with Gasteiger partial charge in [0.25, 0.3) is 0 Å². The van der Waals surface area contributed by atoms with Gasteiger partial charge in [-0.1, -0.05) is 37.3 Å². The van der Waals surface area contributed by atoms with Gasteiger partial charge in [0.2, 0.25) is 0 Å². The molecule has 2 saturated carbocycles. The zero-order valence-corrected chi connectivity index (χ0v) is 21.4. The quantitative estimate of drug-likeness (QED) is 0.346. The van der Waals surface area contributed by atoms with E-state index in [1.54, 1.807) is 6.08 Å². The summed E-state index contributed by atoms with van der Waals surface area (Å²) in [6.45, 7) is 10.8. The maximum Gasteiger partial charge on any atom is 0.331 e. The van der Waals surface area contributed by atoms with E-state index in [0.29, 0.717) is 12.8 Å². The standard InChI is InChI=1S/C28H36O7/c1-17-12-14-22(32-18(2)29)27(6)23(34-24(31)15-13-20-10-8-7-9-11-20)16-21-25(33-19(3)30)28(17,27)35-26(21,4)5/h7-11,13,15,17,21-23,25H,12,14,16H2,1-6H3/b15-13+/t17-,21-,22+,23+,25-,27+,28-/m1/s1. The molecule has 0 aromatic heterocycles. The molecule has 1 aromatic rings. The van der Waals surface area contributed by atoms with E-state index in [2.05, 4.69) is 6.92 Å². The molecule has 190 valence electrons. The number of ether oxygens (including phenoxy) is 4. The van der Waals surface area contributed by atoms with E-state index in [0.717, 1.165) is 12.0 Å². The Bertz CT molecular complexity index is 1020. The summed E-state index contributed by atoms with van der Waals surface area (Å²) >= 11 is 0. The van der Waals surface area contributed by atoms with Crippen molar-refractivity contribution in [2.75, 3.05) is 0 Å². The summed E-state index contributed by atoms with van der Waals surface area (Å²) in [4.78, 5) is 37.3. The summed E-state index contributed by atoms with van der Waals surface area (Å²) in [7, 11) is 0. The van der Waals surface area contributed by atoms with Crippen LogP contribution in [0.4, 0.5) is 0 Å². The minimum absolute atomic E-state index is 0.0192. The topological polar surface area (TPSA) is 88.1 Å². The molecular formula is C28H36O7. The van der Waals surface area contributed by atoms with E-state index >= 15 is 0 Å². The Labute approximate surface area is 207 Å². The molecular weight excluding hydrogens is 448 g/mol. The fourth-order valence-corrected chi connectivity index (χ4v) is 6.88. The first-order valence-corrected chi connectivity index (χ1v) is 12.4. The number of hydrogen-bond donors (Lipinski definition) is 0. The highest BCUT2D eigenvalue weighted by Gasteiger charge is 2.78. The second kappa shape index (κ2) is 9.08. The van der Waals surface area contributed by atoms with Gasteiger partial charge in [0.15, 0.2) is 0 Å². The summed E-state index contributed by atoms with van der Waals surface area (Å²) in [6.07, 6.45) is 3.21. The van der Waals surface area contributed by atoms with E-state index < -0.39 is 46.9 Å². The molecule has 35 heavy (non-hydrogen) atoms. The van der Waals surface area contributed by atoms with Gasteiger partial charge in [-0.25, -0.2) is 4.79 Å². The van der Waals surface area contributed by atoms with E-state index in [-0.39, 0.29) is 17.8 Å². The summed E-state index contributed by atoms with van der Waals surface area (Å²) in [5.74, 6) is -1.47. The normalized spacial score (nSPS) is 37.4. The number of benzene rings is 1. The van der Waals surface area contributed by atoms with Gasteiger partial charge in [-0.2, -0.15) is 0 Å². The number of carbonyl (C=O) groups excluding carboxylic acids is 3. The molecule has 3 aliphatic rings. The van der Waals surface area contributed by atoms with Crippen molar-refractivity contribution in [3.63, 3.8) is 0 Å². The maximum atomic E-state index is 13.0. The highest BCUT2D eigenvalue weighted by atomic mass is 16.6. The van der Waals surface area contributed by atoms with Gasteiger partial charge in [-0.15, -0.1) is 0 Å². The van der Waals surface area contributed by atoms with Crippen LogP contribution in [0.25, 0.3) is 6.08 Å². The van der Waals surface area contributed by atoms with Crippen LogP contribution in [0, 0.1) is 17.3 Å². The van der Waals surface area contributed by atoms with Gasteiger partial charge >= 0.3 is 17.9 Å². The van der Waals surface area contributed by atoms with Gasteiger partial charge in [0, 0.05) is 25.8 Å². The molecule has 3 fully saturated rings. The fourth-order valence-electron chi connectivity index (χ4n) is 6.88. The minimum atomic E-state index is -0.975. The van der Waals surface area contributed by atoms with Crippen LogP contribution in [0.3, 0.4) is 0 Å². The molecule has 0 radical (unpaired) electrons. The molecule has 1 spiro atoms. The van der Waals surface area contributed by atoms with Crippen LogP contribution in [-0.4, -0.2) is 47.4 Å². The van der Waals surface area contributed by atoms with Crippen LogP contribution in [0.2, 0.25) is 0 Å². The number of hydrogen-bond acceptors (Lipinski definition) is 7. The third-order valence-electron chi connectivity index (χ3n) is 8.43. The summed E-state index contributed by atoms with van der Waals surface area (Å²) in [5.41, 5.74) is -1.64. The molecule has 2 aliphatic carbocycles. The predicted octanol–water partition coefficient (Wildman–Crippen LogP) is 4.48. The van der Waals surface area contributed by atoms with Gasteiger partial charge in [0.05, 0.1) is 11.0 Å². The van der Waals surface area contributed by atoms with Crippen molar-refractivity contribution in [1.29, 1.82) is 0 Å². The first-order chi connectivity index (χ1) is 16.4. The monoisotopic (exact) mass is 484 g/mol. The molecule has 2 bridgehead atoms. The maximum absolute atomic E-state index is 13.0. The van der Waals surface area contributed by atoms with Crippen molar-refractivity contribution in [2.24, 2.45) is 17.3 Å². The number of rotatable bonds is 5. The zero-order chi connectivity index (χ0) is 25.6. The molecule has 1 heterocycles. The Morgan fingerprint density at radius 1 is 0.943 bits per heavy atom. The number of fused-ring (bicyclic) bond motifs is 1. The zero-order valence-electron chi connectivity index (χ0n) is 21.4. The average molecular weight is 485 g/mol. The molecule has 0 amide bonds. The highest BCUT2D eigenvalue weighted by molar-refractivity contribution is 5.87. The average Bonchev–Trinajstić information content (AvgIpc) is 2.95. The molecule has 0 N–H and O–H groups in total. The molecule has 0 unspecified atom stereocenters. The lowest BCUT2D eigenvalue weighted by Crippen LogP contribution is -2.73. The third-order valence-corrected chi connectivity index (χ3v) is 8.43. The van der Waals surface area contributed by atoms with Crippen molar-refractivity contribution in [2.45, 2.75) is 90.3 Å². The minimum Gasteiger partial charge on any atom is -0.462 e. The van der Waals surface area contributed by atoms with Crippen molar-refractivity contribution in [1.82, 2.24) is 0 Å². The van der Waals surface area contributed by atoms with Crippen LogP contribution in [0.1, 0.15) is 66.4 Å². The Balaban J connectivity index is 1.76. The van der Waals surface area contributed by atoms with E-state index in [1.807, 2.05) is 51.1 Å². The third kappa shape index (κ3) is 4.18. The van der Waals surface area contributed by atoms with Crippen LogP contribution in [0.5, 0.6) is 0 Å². The lowest BCUT2D eigenvalue weighted by Gasteiger charge is -2.61. The SMILES string of the molecule is CC(=O)O[C@H]1CC[C@@H](C)[C@]23OC(C)(C)[C@H](C[C@H](OC(=O)/C=C/c4ccccc4)[C@]12C)[C@H]3OC(C)=O. The lowest BCUT2D eigenvalue weighted by atomic mass is 9.49. The van der Waals surface area contributed by atoms with Gasteiger partial charge < -0.3 is 18.9 Å². The van der Waals surface area contributed by atoms with E-state index in [4.69, 9.17) is 18.9 Å². The molecule has 7 nitrogen and oxygen atoms in total. The largest absolute Gasteiger partial charge is 0.462 e. The van der Waals surface area contributed by atoms with E-state index in [1.165, 1.54) is 19.9 Å². The number of esters is 3. The number of carbonyl (C=O) groups is 3. The predicted molar refractivity (Wildman–Crippen MR) is 129 cm³/mol. The molecule has 1 aliphatic heterocycles. The van der Waals surface area contributed by atoms with Crippen molar-refractivity contribution < 1.29 is 33.3 Å². The Kier molecular flexibility index (Phi) is 6.60. The van der Waals surface area contributed by atoms with Gasteiger partial charge in [0.1, 0.15) is 23.9 Å². The van der Waals surface area contributed by atoms with Crippen LogP contribution in [-0.2, 0) is 33.3 Å². The van der Waals surface area contributed by atoms with Crippen LogP contribution in [0.15, 0.2) is 36.4 Å². The summed E-state index contributed by atoms with van der Waals surface area (Å²) < 4.78 is 24.8. The first kappa shape index (κ1) is 25.4. The van der Waals surface area contributed by atoms with Crippen molar-refractivity contribution >= 4 is 24.0 Å². The van der Waals surface area contributed by atoms with Gasteiger partial charge in [-0.3, -0.25) is 9.59 Å². The Morgan fingerprint density at radius 2 is 1.60 bits per heavy atom. The van der Waals surface area contributed by atoms with E-state index in [9.17, 15) is 14.4 Å². The van der Waals surface area contributed by atoms with Crippen molar-refractivity contribution in [3.8, 4) is 0 Å². The first-order valence-electron chi connectivity index (χ1n) is 12.4. The Hall–Kier alpha value is -2.67. The summed E-state index contributed by atoms with van der Waals surface area (Å²) in [5, 5.41) is 0. The van der Waals surface area contributed by atoms with Crippen LogP contribution >= 0.6 is 0 Å².